The molecule has 56 heavy (non-hydrogen) atoms. The molecule has 0 amide bonds. The van der Waals surface area contributed by atoms with Crippen molar-refractivity contribution in [3.63, 3.8) is 0 Å². The van der Waals surface area contributed by atoms with Crippen LogP contribution in [0.2, 0.25) is 0 Å². The highest BCUT2D eigenvalue weighted by Gasteiger charge is 2.23. The average molecular weight is 791 g/mol. The van der Waals surface area contributed by atoms with Gasteiger partial charge in [-0.15, -0.1) is 0 Å². The number of nitrogens with zero attached hydrogens (tertiary/aromatic N) is 4. The van der Waals surface area contributed by atoms with E-state index in [2.05, 4.69) is 71.3 Å². The molecule has 2 aromatic heterocycles. The zero-order valence-electron chi connectivity index (χ0n) is 32.9. The standard InChI is InChI=1S/2C13H23N3.3C4H4O4/c2*1-4-16-9-15-12-7-11(5-6-13(12)16)14-8-10(2)3;3*5-3(6)1-2-4(7)8/h2*9-11,14H,4-8H2,1-3H3;3*1-2H,(H,5,6)(H,7,8)/b;;3*2-1+. The maximum atomic E-state index is 9.55. The lowest BCUT2D eigenvalue weighted by Crippen LogP contribution is -2.37. The molecule has 0 radical (unpaired) electrons. The van der Waals surface area contributed by atoms with E-state index in [1.165, 1.54) is 48.5 Å². The number of aromatic nitrogens is 4. The number of imidazole rings is 2. The summed E-state index contributed by atoms with van der Waals surface area (Å²) in [6, 6.07) is 1.27. The van der Waals surface area contributed by atoms with Crippen molar-refractivity contribution >= 4 is 35.8 Å². The topological polar surface area (TPSA) is 284 Å². The molecule has 4 rings (SSSR count). The Morgan fingerprint density at radius 3 is 1.07 bits per heavy atom. The second-order valence-electron chi connectivity index (χ2n) is 13.4. The molecule has 0 saturated carbocycles. The molecule has 0 fully saturated rings. The number of fused-ring (bicyclic) bond motifs is 2. The first kappa shape index (κ1) is 50.4. The summed E-state index contributed by atoms with van der Waals surface area (Å²) in [6.45, 7) is 17.7. The Morgan fingerprint density at radius 1 is 0.589 bits per heavy atom. The maximum absolute atomic E-state index is 9.55. The average Bonchev–Trinajstić information content (AvgIpc) is 3.74. The van der Waals surface area contributed by atoms with Crippen molar-refractivity contribution in [2.45, 2.75) is 105 Å². The summed E-state index contributed by atoms with van der Waals surface area (Å²) in [6.07, 6.45) is 14.4. The largest absolute Gasteiger partial charge is 0.478 e. The Balaban J connectivity index is 0.000000708. The molecule has 0 saturated heterocycles. The Morgan fingerprint density at radius 2 is 0.857 bits per heavy atom. The molecule has 2 aliphatic carbocycles. The summed E-state index contributed by atoms with van der Waals surface area (Å²) in [4.78, 5) is 66.4. The van der Waals surface area contributed by atoms with Gasteiger partial charge < -0.3 is 50.4 Å². The molecule has 0 aliphatic heterocycles. The highest BCUT2D eigenvalue weighted by atomic mass is 16.4. The van der Waals surface area contributed by atoms with Gasteiger partial charge in [0.1, 0.15) is 0 Å². The zero-order valence-corrected chi connectivity index (χ0v) is 32.9. The van der Waals surface area contributed by atoms with Crippen LogP contribution in [0.5, 0.6) is 0 Å². The van der Waals surface area contributed by atoms with Gasteiger partial charge in [-0.2, -0.15) is 0 Å². The van der Waals surface area contributed by atoms with Gasteiger partial charge in [-0.3, -0.25) is 0 Å². The predicted octanol–water partition coefficient (Wildman–Crippen LogP) is 3.15. The smallest absolute Gasteiger partial charge is 0.328 e. The maximum Gasteiger partial charge on any atom is 0.328 e. The summed E-state index contributed by atoms with van der Waals surface area (Å²) in [5.41, 5.74) is 5.55. The highest BCUT2D eigenvalue weighted by molar-refractivity contribution is 5.90. The van der Waals surface area contributed by atoms with Crippen LogP contribution < -0.4 is 10.6 Å². The SMILES string of the molecule is CCn1cnc2c1CCC(NCC(C)C)C2.CCn1cnc2c1CCC(NCC(C)C)C2.O=C(O)/C=C/C(=O)O.O=C(O)/C=C/C(=O)O.O=C(O)/C=C/C(=O)O. The lowest BCUT2D eigenvalue weighted by molar-refractivity contribution is -0.134. The number of aliphatic carboxylic acids is 6. The Hall–Kier alpha value is -5.62. The van der Waals surface area contributed by atoms with E-state index in [9.17, 15) is 28.8 Å². The van der Waals surface area contributed by atoms with E-state index in [-0.39, 0.29) is 0 Å². The molecule has 18 heteroatoms. The molecule has 312 valence electrons. The molecule has 2 atom stereocenters. The second-order valence-corrected chi connectivity index (χ2v) is 13.4. The normalized spacial score (nSPS) is 15.6. The number of nitrogens with one attached hydrogen (secondary N) is 2. The van der Waals surface area contributed by atoms with E-state index >= 15 is 0 Å². The van der Waals surface area contributed by atoms with Gasteiger partial charge in [-0.1, -0.05) is 27.7 Å². The van der Waals surface area contributed by atoms with Gasteiger partial charge in [0.05, 0.1) is 24.0 Å². The summed E-state index contributed by atoms with van der Waals surface area (Å²) in [5.74, 6) is -6.08. The van der Waals surface area contributed by atoms with Crippen molar-refractivity contribution in [1.29, 1.82) is 0 Å². The molecular weight excluding hydrogens is 732 g/mol. The van der Waals surface area contributed by atoms with Gasteiger partial charge >= 0.3 is 35.8 Å². The zero-order chi connectivity index (χ0) is 42.8. The first-order chi connectivity index (χ1) is 26.3. The summed E-state index contributed by atoms with van der Waals surface area (Å²) >= 11 is 0. The number of carboxylic acid groups (broad SMARTS) is 6. The van der Waals surface area contributed by atoms with Crippen molar-refractivity contribution in [2.75, 3.05) is 13.1 Å². The van der Waals surface area contributed by atoms with E-state index in [1.54, 1.807) is 0 Å². The van der Waals surface area contributed by atoms with E-state index in [0.29, 0.717) is 48.5 Å². The summed E-state index contributed by atoms with van der Waals surface area (Å²) in [7, 11) is 0. The number of hydrogen-bond acceptors (Lipinski definition) is 10. The van der Waals surface area contributed by atoms with Crippen LogP contribution in [0, 0.1) is 11.8 Å². The minimum atomic E-state index is -1.26. The lowest BCUT2D eigenvalue weighted by Gasteiger charge is -2.24. The van der Waals surface area contributed by atoms with Gasteiger partial charge in [0, 0.05) is 85.9 Å². The van der Waals surface area contributed by atoms with Crippen molar-refractivity contribution in [3.8, 4) is 0 Å². The number of carboxylic acids is 6. The molecule has 2 heterocycles. The second kappa shape index (κ2) is 27.9. The van der Waals surface area contributed by atoms with Gasteiger partial charge in [0.15, 0.2) is 0 Å². The van der Waals surface area contributed by atoms with Crippen LogP contribution in [-0.2, 0) is 67.5 Å². The molecule has 2 unspecified atom stereocenters. The molecule has 0 aromatic carbocycles. The number of hydrogen-bond donors (Lipinski definition) is 8. The fourth-order valence-electron chi connectivity index (χ4n) is 5.23. The molecular formula is C38H58N6O12. The van der Waals surface area contributed by atoms with Crippen LogP contribution in [-0.4, -0.2) is 111 Å². The monoisotopic (exact) mass is 790 g/mol. The first-order valence-electron chi connectivity index (χ1n) is 18.2. The summed E-state index contributed by atoms with van der Waals surface area (Å²) < 4.78 is 4.57. The molecule has 0 spiro atoms. The Labute approximate surface area is 326 Å². The molecule has 18 nitrogen and oxygen atoms in total. The van der Waals surface area contributed by atoms with E-state index in [0.717, 1.165) is 50.9 Å². The minimum absolute atomic E-state index is 0.558. The van der Waals surface area contributed by atoms with Crippen molar-refractivity contribution in [3.05, 3.63) is 71.9 Å². The van der Waals surface area contributed by atoms with Crippen LogP contribution in [0.4, 0.5) is 0 Å². The molecule has 2 aromatic rings. The third-order valence-electron chi connectivity index (χ3n) is 7.82. The van der Waals surface area contributed by atoms with Gasteiger partial charge in [0.2, 0.25) is 0 Å². The number of aryl methyl sites for hydroxylation is 2. The fraction of sp³-hybridized carbons (Fsp3) is 0.526. The van der Waals surface area contributed by atoms with Crippen molar-refractivity contribution < 1.29 is 59.4 Å². The number of rotatable bonds is 14. The molecule has 2 aliphatic rings. The van der Waals surface area contributed by atoms with E-state index in [4.69, 9.17) is 30.6 Å². The fourth-order valence-corrected chi connectivity index (χ4v) is 5.23. The van der Waals surface area contributed by atoms with Gasteiger partial charge in [-0.25, -0.2) is 38.7 Å². The lowest BCUT2D eigenvalue weighted by atomic mass is 9.95. The first-order valence-corrected chi connectivity index (χ1v) is 18.2. The van der Waals surface area contributed by atoms with E-state index < -0.39 is 35.8 Å². The van der Waals surface area contributed by atoms with Crippen LogP contribution in [0.15, 0.2) is 49.1 Å². The Bertz CT molecular complexity index is 1440. The van der Waals surface area contributed by atoms with Crippen LogP contribution in [0.3, 0.4) is 0 Å². The van der Waals surface area contributed by atoms with Crippen molar-refractivity contribution in [1.82, 2.24) is 29.7 Å². The number of carbonyl (C=O) groups is 6. The van der Waals surface area contributed by atoms with Crippen LogP contribution >= 0.6 is 0 Å². The third kappa shape index (κ3) is 23.9. The van der Waals surface area contributed by atoms with Crippen LogP contribution in [0.25, 0.3) is 0 Å². The van der Waals surface area contributed by atoms with Gasteiger partial charge in [0.25, 0.3) is 0 Å². The van der Waals surface area contributed by atoms with Crippen LogP contribution in [0.1, 0.15) is 77.2 Å². The highest BCUT2D eigenvalue weighted by Crippen LogP contribution is 2.21. The predicted molar refractivity (Wildman–Crippen MR) is 206 cm³/mol. The third-order valence-corrected chi connectivity index (χ3v) is 7.82. The quantitative estimate of drug-likeness (QED) is 0.128. The van der Waals surface area contributed by atoms with E-state index in [1.807, 2.05) is 12.7 Å². The Kier molecular flexibility index (Phi) is 25.1. The molecule has 0 bridgehead atoms. The van der Waals surface area contributed by atoms with Gasteiger partial charge in [-0.05, 0) is 64.5 Å². The minimum Gasteiger partial charge on any atom is -0.478 e. The summed E-state index contributed by atoms with van der Waals surface area (Å²) in [5, 5.41) is 54.2. The molecule has 8 N–H and O–H groups in total. The van der Waals surface area contributed by atoms with Crippen molar-refractivity contribution in [2.24, 2.45) is 11.8 Å².